The Labute approximate surface area is 181 Å². The fourth-order valence-electron chi connectivity index (χ4n) is 3.63. The van der Waals surface area contributed by atoms with Gasteiger partial charge in [0, 0.05) is 25.2 Å². The number of fused-ring (bicyclic) bond motifs is 1. The molecule has 4 rings (SSSR count). The van der Waals surface area contributed by atoms with Gasteiger partial charge in [-0.1, -0.05) is 18.2 Å². The third-order valence-electron chi connectivity index (χ3n) is 5.20. The molecule has 0 radical (unpaired) electrons. The van der Waals surface area contributed by atoms with Crippen LogP contribution in [-0.2, 0) is 4.74 Å². The smallest absolute Gasteiger partial charge is 0.266 e. The third-order valence-corrected chi connectivity index (χ3v) is 5.20. The molecule has 1 N–H and O–H groups in total. The van der Waals surface area contributed by atoms with Crippen LogP contribution in [-0.4, -0.2) is 62.0 Å². The van der Waals surface area contributed by atoms with Crippen LogP contribution in [0.3, 0.4) is 0 Å². The lowest BCUT2D eigenvalue weighted by molar-refractivity contribution is 0.0374. The number of rotatable bonds is 6. The van der Waals surface area contributed by atoms with Gasteiger partial charge < -0.3 is 10.1 Å². The summed E-state index contributed by atoms with van der Waals surface area (Å²) in [7, 11) is 0. The Morgan fingerprint density at radius 2 is 1.67 bits per heavy atom. The van der Waals surface area contributed by atoms with Gasteiger partial charge >= 0.3 is 0 Å². The van der Waals surface area contributed by atoms with E-state index in [0.29, 0.717) is 23.4 Å². The number of nitrogens with one attached hydrogen (secondary N) is 1. The Morgan fingerprint density at radius 3 is 2.40 bits per heavy atom. The summed E-state index contributed by atoms with van der Waals surface area (Å²) < 4.78 is 5.32. The molecule has 0 spiro atoms. The summed E-state index contributed by atoms with van der Waals surface area (Å²) in [6.07, 6.45) is 0.843. The maximum Gasteiger partial charge on any atom is 0.266 e. The zero-order valence-corrected chi connectivity index (χ0v) is 17.3. The second kappa shape index (κ2) is 9.84. The molecule has 0 aromatic heterocycles. The first-order chi connectivity index (χ1) is 14.1. The zero-order chi connectivity index (χ0) is 20.2. The molecule has 8 heteroatoms. The van der Waals surface area contributed by atoms with Crippen molar-refractivity contribution in [3.05, 3.63) is 65.2 Å². The number of hydrogen-bond acceptors (Lipinski definition) is 5. The van der Waals surface area contributed by atoms with Gasteiger partial charge in [-0.15, -0.1) is 12.4 Å². The third kappa shape index (κ3) is 4.53. The van der Waals surface area contributed by atoms with Crippen LogP contribution in [0.15, 0.2) is 48.5 Å². The number of hydrogen-bond donors (Lipinski definition) is 1. The molecule has 2 aliphatic rings. The van der Waals surface area contributed by atoms with Crippen molar-refractivity contribution in [1.82, 2.24) is 10.2 Å². The molecule has 30 heavy (non-hydrogen) atoms. The first-order valence-electron chi connectivity index (χ1n) is 9.81. The van der Waals surface area contributed by atoms with Gasteiger partial charge in [-0.05, 0) is 43.3 Å². The SMILES string of the molecule is Cl.O=C(NCCCN1CCOCC1)c1ccc2c(c1)C(=O)N(c1ccccc1)C2=O. The average molecular weight is 430 g/mol. The van der Waals surface area contributed by atoms with E-state index in [0.717, 1.165) is 44.2 Å². The zero-order valence-electron chi connectivity index (χ0n) is 16.5. The Balaban J connectivity index is 0.00000256. The summed E-state index contributed by atoms with van der Waals surface area (Å²) in [6, 6.07) is 13.5. The van der Waals surface area contributed by atoms with E-state index in [9.17, 15) is 14.4 Å². The average Bonchev–Trinajstić information content (AvgIpc) is 3.02. The summed E-state index contributed by atoms with van der Waals surface area (Å²) in [5.41, 5.74) is 1.49. The van der Waals surface area contributed by atoms with Gasteiger partial charge in [0.15, 0.2) is 0 Å². The molecule has 2 aliphatic heterocycles. The van der Waals surface area contributed by atoms with E-state index < -0.39 is 5.91 Å². The lowest BCUT2D eigenvalue weighted by Crippen LogP contribution is -2.38. The monoisotopic (exact) mass is 429 g/mol. The number of carbonyl (C=O) groups excluding carboxylic acids is 3. The molecule has 3 amide bonds. The van der Waals surface area contributed by atoms with Crippen molar-refractivity contribution < 1.29 is 19.1 Å². The normalized spacial score (nSPS) is 16.2. The number of para-hydroxylation sites is 1. The van der Waals surface area contributed by atoms with Crippen LogP contribution in [0.25, 0.3) is 0 Å². The lowest BCUT2D eigenvalue weighted by Gasteiger charge is -2.26. The first kappa shape index (κ1) is 22.0. The van der Waals surface area contributed by atoms with Gasteiger partial charge in [0.2, 0.25) is 0 Å². The molecule has 1 saturated heterocycles. The molecule has 1 fully saturated rings. The highest BCUT2D eigenvalue weighted by Crippen LogP contribution is 2.28. The highest BCUT2D eigenvalue weighted by Gasteiger charge is 2.37. The number of nitrogens with zero attached hydrogens (tertiary/aromatic N) is 2. The summed E-state index contributed by atoms with van der Waals surface area (Å²) in [5.74, 6) is -1.01. The molecule has 7 nitrogen and oxygen atoms in total. The predicted molar refractivity (Wildman–Crippen MR) is 115 cm³/mol. The van der Waals surface area contributed by atoms with Crippen LogP contribution in [0, 0.1) is 0 Å². The van der Waals surface area contributed by atoms with Crippen LogP contribution in [0.1, 0.15) is 37.5 Å². The van der Waals surface area contributed by atoms with Crippen molar-refractivity contribution >= 4 is 35.8 Å². The number of halogens is 1. The second-order valence-electron chi connectivity index (χ2n) is 7.11. The van der Waals surface area contributed by atoms with Crippen molar-refractivity contribution in [1.29, 1.82) is 0 Å². The predicted octanol–water partition coefficient (Wildman–Crippen LogP) is 2.36. The van der Waals surface area contributed by atoms with Gasteiger partial charge in [-0.25, -0.2) is 4.90 Å². The van der Waals surface area contributed by atoms with E-state index in [-0.39, 0.29) is 29.8 Å². The minimum atomic E-state index is -0.404. The molecule has 0 saturated carbocycles. The number of carbonyl (C=O) groups is 3. The van der Waals surface area contributed by atoms with Crippen LogP contribution in [0.4, 0.5) is 5.69 Å². The van der Waals surface area contributed by atoms with Crippen LogP contribution in [0.2, 0.25) is 0 Å². The van der Waals surface area contributed by atoms with Crippen molar-refractivity contribution in [2.24, 2.45) is 0 Å². The first-order valence-corrected chi connectivity index (χ1v) is 9.81. The van der Waals surface area contributed by atoms with E-state index in [1.165, 1.54) is 6.07 Å². The molecule has 158 valence electrons. The number of morpholine rings is 1. The van der Waals surface area contributed by atoms with Crippen molar-refractivity contribution in [2.75, 3.05) is 44.3 Å². The minimum Gasteiger partial charge on any atom is -0.379 e. The van der Waals surface area contributed by atoms with E-state index in [4.69, 9.17) is 4.74 Å². The van der Waals surface area contributed by atoms with E-state index in [1.807, 2.05) is 6.07 Å². The molecule has 2 aromatic carbocycles. The van der Waals surface area contributed by atoms with Crippen LogP contribution >= 0.6 is 12.4 Å². The molecule has 0 unspecified atom stereocenters. The largest absolute Gasteiger partial charge is 0.379 e. The second-order valence-corrected chi connectivity index (χ2v) is 7.11. The molecule has 2 heterocycles. The standard InChI is InChI=1S/C22H23N3O4.ClH/c26-20(23-9-4-10-24-11-13-29-14-12-24)16-7-8-18-19(15-16)22(28)25(21(18)27)17-5-2-1-3-6-17;/h1-3,5-8,15H,4,9-14H2,(H,23,26);1H. The minimum absolute atomic E-state index is 0. The highest BCUT2D eigenvalue weighted by molar-refractivity contribution is 6.34. The summed E-state index contributed by atoms with van der Waals surface area (Å²) in [4.78, 5) is 41.4. The number of benzene rings is 2. The number of anilines is 1. The molecule has 0 bridgehead atoms. The van der Waals surface area contributed by atoms with E-state index in [2.05, 4.69) is 10.2 Å². The molecular formula is C22H24ClN3O4. The Hall–Kier alpha value is -2.74. The maximum atomic E-state index is 12.8. The van der Waals surface area contributed by atoms with Gasteiger partial charge in [0.1, 0.15) is 0 Å². The summed E-state index contributed by atoms with van der Waals surface area (Å²) >= 11 is 0. The Bertz CT molecular complexity index is 929. The fourth-order valence-corrected chi connectivity index (χ4v) is 3.63. The number of imide groups is 1. The fraction of sp³-hybridized carbons (Fsp3) is 0.318. The molecular weight excluding hydrogens is 406 g/mol. The quantitative estimate of drug-likeness (QED) is 0.563. The van der Waals surface area contributed by atoms with Crippen LogP contribution < -0.4 is 10.2 Å². The number of ether oxygens (including phenoxy) is 1. The van der Waals surface area contributed by atoms with E-state index >= 15 is 0 Å². The van der Waals surface area contributed by atoms with Crippen LogP contribution in [0.5, 0.6) is 0 Å². The summed E-state index contributed by atoms with van der Waals surface area (Å²) in [6.45, 7) is 4.82. The van der Waals surface area contributed by atoms with E-state index in [1.54, 1.807) is 36.4 Å². The van der Waals surface area contributed by atoms with Gasteiger partial charge in [-0.3, -0.25) is 19.3 Å². The Kier molecular flexibility index (Phi) is 7.20. The van der Waals surface area contributed by atoms with Crippen molar-refractivity contribution in [3.63, 3.8) is 0 Å². The van der Waals surface area contributed by atoms with Gasteiger partial charge in [-0.2, -0.15) is 0 Å². The highest BCUT2D eigenvalue weighted by atomic mass is 35.5. The maximum absolute atomic E-state index is 12.8. The topological polar surface area (TPSA) is 79.0 Å². The van der Waals surface area contributed by atoms with Crippen molar-refractivity contribution in [2.45, 2.75) is 6.42 Å². The molecule has 0 aliphatic carbocycles. The molecule has 0 atom stereocenters. The Morgan fingerprint density at radius 1 is 0.967 bits per heavy atom. The van der Waals surface area contributed by atoms with Gasteiger partial charge in [0.25, 0.3) is 17.7 Å². The summed E-state index contributed by atoms with van der Waals surface area (Å²) in [5, 5.41) is 2.89. The van der Waals surface area contributed by atoms with Crippen molar-refractivity contribution in [3.8, 4) is 0 Å². The lowest BCUT2D eigenvalue weighted by atomic mass is 10.1. The number of amides is 3. The van der Waals surface area contributed by atoms with Gasteiger partial charge in [0.05, 0.1) is 30.0 Å². The molecule has 2 aromatic rings.